The fourth-order valence-electron chi connectivity index (χ4n) is 21.3. The summed E-state index contributed by atoms with van der Waals surface area (Å²) in [6.07, 6.45) is -0.330. The zero-order valence-electron chi connectivity index (χ0n) is 76.6. The molecule has 12 heterocycles. The number of allylic oxidation sites excluding steroid dienone is 2. The minimum absolute atomic E-state index is 0.00428. The molecule has 0 radical (unpaired) electrons. The fourth-order valence-corrected chi connectivity index (χ4v) is 21.5. The first-order chi connectivity index (χ1) is 64.5. The van der Waals surface area contributed by atoms with Gasteiger partial charge in [0.15, 0.2) is 0 Å². The number of likely N-dealkylation sites (tertiary alicyclic amines) is 3. The highest BCUT2D eigenvalue weighted by Crippen LogP contribution is 2.46. The maximum absolute atomic E-state index is 13.6. The Morgan fingerprint density at radius 1 is 0.463 bits per heavy atom. The highest BCUT2D eigenvalue weighted by molar-refractivity contribution is 6.36. The van der Waals surface area contributed by atoms with Gasteiger partial charge in [0, 0.05) is 192 Å². The molecule has 17 rings (SSSR count). The van der Waals surface area contributed by atoms with Crippen LogP contribution in [0.3, 0.4) is 0 Å². The number of carbonyl (C=O) groups excluding carboxylic acids is 3. The second kappa shape index (κ2) is 40.2. The lowest BCUT2D eigenvalue weighted by Crippen LogP contribution is -2.55. The molecule has 704 valence electrons. The number of piperazine rings is 3. The van der Waals surface area contributed by atoms with Crippen molar-refractivity contribution in [3.63, 3.8) is 0 Å². The van der Waals surface area contributed by atoms with Gasteiger partial charge in [-0.05, 0) is 168 Å². The van der Waals surface area contributed by atoms with E-state index in [1.54, 1.807) is 18.1 Å². The number of hydrogen-bond acceptors (Lipinski definition) is 25. The Morgan fingerprint density at radius 3 is 1.31 bits per heavy atom. The number of ether oxygens (including phenoxy) is 4. The van der Waals surface area contributed by atoms with E-state index in [2.05, 4.69) is 161 Å². The van der Waals surface area contributed by atoms with Crippen molar-refractivity contribution in [1.29, 1.82) is 15.8 Å². The fraction of sp³-hybridized carbons (Fsp3) is 0.495. The molecule has 0 bridgehead atoms. The average Bonchev–Trinajstić information content (AvgIpc) is 0.834. The van der Waals surface area contributed by atoms with Crippen molar-refractivity contribution in [2.24, 2.45) is 0 Å². The topological polar surface area (TPSA) is 276 Å². The van der Waals surface area contributed by atoms with Crippen LogP contribution in [0.2, 0.25) is 5.02 Å². The van der Waals surface area contributed by atoms with Gasteiger partial charge in [0.25, 0.3) is 0 Å². The van der Waals surface area contributed by atoms with Crippen molar-refractivity contribution in [3.8, 4) is 36.2 Å². The molecular weight excluding hydrogens is 1740 g/mol. The molecule has 8 aromatic rings. The number of nitriles is 3. The Labute approximate surface area is 781 Å². The maximum atomic E-state index is 13.6. The number of benzene rings is 5. The quantitative estimate of drug-likeness (QED) is 0.0380. The van der Waals surface area contributed by atoms with E-state index < -0.39 is 36.3 Å². The van der Waals surface area contributed by atoms with Gasteiger partial charge in [0.05, 0.1) is 104 Å². The number of amides is 3. The number of aryl methyl sites for hydroxylation is 2. The molecule has 5 aromatic carbocycles. The van der Waals surface area contributed by atoms with Crippen molar-refractivity contribution in [2.45, 2.75) is 165 Å². The van der Waals surface area contributed by atoms with E-state index in [0.717, 1.165) is 128 Å². The molecule has 0 spiro atoms. The van der Waals surface area contributed by atoms with E-state index in [9.17, 15) is 56.5 Å². The number of likely N-dealkylation sites (N-methyl/N-ethyl adjacent to an activating group) is 3. The normalized spacial score (nSPS) is 22.2. The van der Waals surface area contributed by atoms with Crippen LogP contribution in [-0.2, 0) is 58.0 Å². The summed E-state index contributed by atoms with van der Waals surface area (Å²) in [5, 5.41) is 34.9. The second-order valence-electron chi connectivity index (χ2n) is 36.9. The van der Waals surface area contributed by atoms with Crippen LogP contribution in [0.4, 0.5) is 60.9 Å². The number of alkyl halides is 6. The van der Waals surface area contributed by atoms with Gasteiger partial charge in [-0.1, -0.05) is 72.3 Å². The van der Waals surface area contributed by atoms with Gasteiger partial charge in [0.2, 0.25) is 17.7 Å². The van der Waals surface area contributed by atoms with Crippen LogP contribution in [0.25, 0.3) is 21.5 Å². The summed E-state index contributed by atoms with van der Waals surface area (Å²) >= 11 is 7.27. The van der Waals surface area contributed by atoms with Crippen LogP contribution in [0.5, 0.6) is 18.0 Å². The SMILES string of the molecule is COC/C=C/C(=O)N1CCN(c2nc(OC[C@@H]3CC(c4cc(N5CCc6c(nc(OC[C@@H]7CC(c8cc(N9CCc%10c(nc(OC[C@@H]%11CCCN%11C)nc%10N%10CCN(C(=O)/C=C/C(F)(F)F)[C@@H](CC#N)C%10)C9)c9c(Cl)cccc9c8)CN7C)nc6N6CCN(C(=O)/C=C/C(F)(F)F)[C@@H](CC#N)C6)C5)c5c(C)cccc5c4)CN3C)nc3c2CCN(c2cccc(C)c2C)C3)C[C@@H]1CC#N. The summed E-state index contributed by atoms with van der Waals surface area (Å²) in [6.45, 7) is 15.0. The number of halogens is 7. The molecule has 134 heavy (non-hydrogen) atoms. The van der Waals surface area contributed by atoms with Crippen molar-refractivity contribution >= 4 is 85.4 Å². The van der Waals surface area contributed by atoms with Gasteiger partial charge < -0.3 is 67.9 Å². The first-order valence-electron chi connectivity index (χ1n) is 46.2. The van der Waals surface area contributed by atoms with Crippen LogP contribution < -0.4 is 43.6 Å². The number of fused-ring (bicyclic) bond motifs is 5. The maximum Gasteiger partial charge on any atom is 0.409 e. The number of nitrogens with zero attached hydrogens (tertiary/aromatic N) is 21. The molecule has 6 fully saturated rings. The van der Waals surface area contributed by atoms with E-state index in [-0.39, 0.29) is 137 Å². The molecule has 3 amide bonds. The molecule has 9 aliphatic heterocycles. The molecule has 28 nitrogen and oxygen atoms in total. The van der Waals surface area contributed by atoms with Crippen molar-refractivity contribution in [3.05, 3.63) is 182 Å². The van der Waals surface area contributed by atoms with Crippen LogP contribution in [0.15, 0.2) is 115 Å². The lowest BCUT2D eigenvalue weighted by molar-refractivity contribution is -0.130. The summed E-state index contributed by atoms with van der Waals surface area (Å²) in [6, 6.07) is 33.1. The molecule has 0 saturated carbocycles. The number of anilines is 6. The highest BCUT2D eigenvalue weighted by Gasteiger charge is 2.42. The predicted molar refractivity (Wildman–Crippen MR) is 499 cm³/mol. The van der Waals surface area contributed by atoms with Crippen LogP contribution >= 0.6 is 11.6 Å². The molecule has 6 saturated heterocycles. The average molecular weight is 1860 g/mol. The minimum Gasteiger partial charge on any atom is -0.462 e. The van der Waals surface area contributed by atoms with E-state index in [1.807, 2.05) is 21.9 Å². The number of hydrogen-bond donors (Lipinski definition) is 0. The number of carbonyl (C=O) groups is 3. The lowest BCUT2D eigenvalue weighted by atomic mass is 9.91. The number of aromatic nitrogens is 6. The summed E-state index contributed by atoms with van der Waals surface area (Å²) in [4.78, 5) is 96.3. The van der Waals surface area contributed by atoms with Gasteiger partial charge in [-0.15, -0.1) is 0 Å². The highest BCUT2D eigenvalue weighted by atomic mass is 35.5. The number of rotatable bonds is 25. The van der Waals surface area contributed by atoms with Gasteiger partial charge in [-0.3, -0.25) is 24.2 Å². The predicted octanol–water partition coefficient (Wildman–Crippen LogP) is 13.1. The van der Waals surface area contributed by atoms with Crippen molar-refractivity contribution < 1.29 is 59.7 Å². The minimum atomic E-state index is -4.72. The smallest absolute Gasteiger partial charge is 0.409 e. The van der Waals surface area contributed by atoms with E-state index in [1.165, 1.54) is 32.6 Å². The molecule has 0 N–H and O–H groups in total. The zero-order chi connectivity index (χ0) is 94.0. The Kier molecular flexibility index (Phi) is 28.1. The molecule has 0 aliphatic carbocycles. The third kappa shape index (κ3) is 20.6. The van der Waals surface area contributed by atoms with Gasteiger partial charge in [0.1, 0.15) is 37.3 Å². The summed E-state index contributed by atoms with van der Waals surface area (Å²) in [5.74, 6) is 0.190. The Bertz CT molecular complexity index is 5980. The van der Waals surface area contributed by atoms with Gasteiger partial charge >= 0.3 is 30.4 Å². The second-order valence-corrected chi connectivity index (χ2v) is 37.3. The summed E-state index contributed by atoms with van der Waals surface area (Å²) in [5.41, 5.74) is 14.0. The van der Waals surface area contributed by atoms with Crippen LogP contribution in [-0.4, -0.2) is 278 Å². The van der Waals surface area contributed by atoms with Crippen LogP contribution in [0, 0.1) is 54.8 Å². The number of methoxy groups -OCH3 is 1. The lowest BCUT2D eigenvalue weighted by Gasteiger charge is -2.42. The summed E-state index contributed by atoms with van der Waals surface area (Å²) < 4.78 is 106. The van der Waals surface area contributed by atoms with Crippen LogP contribution in [0.1, 0.15) is 118 Å². The Morgan fingerprint density at radius 2 is 0.873 bits per heavy atom. The third-order valence-electron chi connectivity index (χ3n) is 28.5. The molecule has 3 aromatic heterocycles. The van der Waals surface area contributed by atoms with E-state index >= 15 is 0 Å². The zero-order valence-corrected chi connectivity index (χ0v) is 77.4. The standard InChI is InChI=1S/C99H112ClF6N21O7/c1-62-13-9-19-84(64(62)3)119-35-26-77-81(56-119)110-96(114-92(77)122-38-41-125(71(53-122)23-31-107)87(128)20-12-44-131-7)133-60-75-47-69(51-117(75)5)67-45-65-15-8-14-63(2)90(65)85(49-67)120-36-27-78-82(57-120)112-97(115-94(78)124-40-43-127(73(55-124)25-33-109)89(130)22-30-99(104,105)106)134-61-76-48-70(52-118(76)6)68-46-66-16-10-18-80(100)91(66)86(50-68)121-37-28-79-83(58-121)111-95(132-59-74-17-11-34-116(74)4)113-93(79)123-39-42-126(72(54-123)24-32-108)88(129)21-29-98(101,102)103/h8-10,12-16,18-22,29-30,45-46,49-50,69-76H,11,17,23-28,34-44,47-48,51-61H2,1-7H3/b20-12+,29-21+,30-22+/t69?,70?,71-,72-,73-,74-,75-,76-/m0/s1. The third-order valence-corrected chi connectivity index (χ3v) is 28.8. The van der Waals surface area contributed by atoms with Crippen molar-refractivity contribution in [1.82, 2.24) is 59.3 Å². The largest absolute Gasteiger partial charge is 0.462 e. The van der Waals surface area contributed by atoms with Gasteiger partial charge in [-0.2, -0.15) is 72.0 Å². The molecule has 9 aliphatic rings. The van der Waals surface area contributed by atoms with E-state index in [4.69, 9.17) is 60.5 Å². The first-order valence-corrected chi connectivity index (χ1v) is 46.6. The first kappa shape index (κ1) is 93.7. The Hall–Kier alpha value is -12.1. The summed E-state index contributed by atoms with van der Waals surface area (Å²) in [7, 11) is 7.85. The molecular formula is C99H112ClF6N21O7. The molecule has 2 unspecified atom stereocenters. The Balaban J connectivity index is 0.635. The monoisotopic (exact) mass is 1860 g/mol. The molecule has 8 atom stereocenters. The molecule has 35 heteroatoms. The van der Waals surface area contributed by atoms with Gasteiger partial charge in [-0.25, -0.2) is 0 Å². The van der Waals surface area contributed by atoms with Crippen molar-refractivity contribution in [2.75, 3.05) is 182 Å². The van der Waals surface area contributed by atoms with E-state index in [0.29, 0.717) is 133 Å².